The fourth-order valence-corrected chi connectivity index (χ4v) is 2.72. The number of esters is 1. The maximum Gasteiger partial charge on any atom is 0.336 e. The van der Waals surface area contributed by atoms with Gasteiger partial charge in [-0.2, -0.15) is 0 Å². The summed E-state index contributed by atoms with van der Waals surface area (Å²) in [4.78, 5) is 23.8. The van der Waals surface area contributed by atoms with Gasteiger partial charge in [-0.1, -0.05) is 13.8 Å². The Morgan fingerprint density at radius 1 is 1.23 bits per heavy atom. The third-order valence-corrected chi connectivity index (χ3v) is 4.10. The molecule has 0 amide bonds. The van der Waals surface area contributed by atoms with Crippen LogP contribution in [0.3, 0.4) is 0 Å². The molecule has 2 aromatic rings. The van der Waals surface area contributed by atoms with Crippen molar-refractivity contribution in [3.8, 4) is 5.75 Å². The lowest BCUT2D eigenvalue weighted by molar-refractivity contribution is -0.162. The molecule has 142 valence electrons. The van der Waals surface area contributed by atoms with Crippen LogP contribution in [-0.2, 0) is 16.0 Å². The minimum absolute atomic E-state index is 0.148. The Morgan fingerprint density at radius 3 is 2.46 bits per heavy atom. The predicted octanol–water partition coefficient (Wildman–Crippen LogP) is 3.07. The van der Waals surface area contributed by atoms with Crippen molar-refractivity contribution in [3.05, 3.63) is 40.2 Å². The second-order valence-corrected chi connectivity index (χ2v) is 7.35. The second kappa shape index (κ2) is 7.91. The van der Waals surface area contributed by atoms with Crippen molar-refractivity contribution < 1.29 is 23.8 Å². The van der Waals surface area contributed by atoms with Gasteiger partial charge in [0, 0.05) is 29.9 Å². The molecule has 1 aromatic carbocycles. The fourth-order valence-electron chi connectivity index (χ4n) is 2.72. The van der Waals surface area contributed by atoms with Crippen LogP contribution in [0, 0.1) is 5.92 Å². The predicted molar refractivity (Wildman–Crippen MR) is 98.4 cm³/mol. The molecule has 0 saturated carbocycles. The molecule has 1 heterocycles. The van der Waals surface area contributed by atoms with E-state index in [9.17, 15) is 14.7 Å². The summed E-state index contributed by atoms with van der Waals surface area (Å²) in [6.07, 6.45) is -0.409. The van der Waals surface area contributed by atoms with E-state index < -0.39 is 17.3 Å². The molecule has 0 bridgehead atoms. The first kappa shape index (κ1) is 20.0. The Kier molecular flexibility index (Phi) is 6.08. The Labute approximate surface area is 152 Å². The van der Waals surface area contributed by atoms with Crippen molar-refractivity contribution in [1.82, 2.24) is 0 Å². The topological polar surface area (TPSA) is 86.0 Å². The van der Waals surface area contributed by atoms with Crippen LogP contribution in [0.25, 0.3) is 11.0 Å². The highest BCUT2D eigenvalue weighted by atomic mass is 16.6. The molecular weight excluding hydrogens is 336 g/mol. The molecule has 0 saturated heterocycles. The summed E-state index contributed by atoms with van der Waals surface area (Å²) in [6, 6.07) is 6.54. The van der Waals surface area contributed by atoms with Gasteiger partial charge in [0.15, 0.2) is 0 Å². The zero-order valence-electron chi connectivity index (χ0n) is 15.9. The van der Waals surface area contributed by atoms with Crippen LogP contribution in [0.5, 0.6) is 5.75 Å². The molecule has 0 spiro atoms. The van der Waals surface area contributed by atoms with Gasteiger partial charge in [-0.05, 0) is 38.0 Å². The molecule has 0 aliphatic rings. The number of ether oxygens (including phenoxy) is 2. The maximum absolute atomic E-state index is 12.1. The summed E-state index contributed by atoms with van der Waals surface area (Å²) >= 11 is 0. The zero-order valence-corrected chi connectivity index (χ0v) is 15.9. The lowest BCUT2D eigenvalue weighted by Gasteiger charge is -2.30. The monoisotopic (exact) mass is 362 g/mol. The summed E-state index contributed by atoms with van der Waals surface area (Å²) in [5.41, 5.74) is -0.823. The summed E-state index contributed by atoms with van der Waals surface area (Å²) in [5.74, 6) is 0.267. The van der Waals surface area contributed by atoms with Crippen molar-refractivity contribution in [2.24, 2.45) is 5.92 Å². The molecular formula is C20H26O6. The normalized spacial score (nSPS) is 13.0. The van der Waals surface area contributed by atoms with Crippen LogP contribution in [0.4, 0.5) is 0 Å². The summed E-state index contributed by atoms with van der Waals surface area (Å²) in [7, 11) is 1.51. The highest BCUT2D eigenvalue weighted by Crippen LogP contribution is 2.31. The van der Waals surface area contributed by atoms with Gasteiger partial charge in [-0.25, -0.2) is 4.79 Å². The molecule has 6 nitrogen and oxygen atoms in total. The van der Waals surface area contributed by atoms with Crippen LogP contribution in [0.2, 0.25) is 0 Å². The maximum atomic E-state index is 12.1. The number of fused-ring (bicyclic) bond motifs is 1. The zero-order chi connectivity index (χ0) is 19.5. The van der Waals surface area contributed by atoms with E-state index in [1.54, 1.807) is 32.0 Å². The van der Waals surface area contributed by atoms with Crippen molar-refractivity contribution >= 4 is 16.9 Å². The molecule has 26 heavy (non-hydrogen) atoms. The Balaban J connectivity index is 2.45. The molecule has 1 N–H and O–H groups in total. The van der Waals surface area contributed by atoms with E-state index in [1.807, 2.05) is 13.8 Å². The summed E-state index contributed by atoms with van der Waals surface area (Å²) < 4.78 is 16.3. The number of carbonyl (C=O) groups is 1. The highest BCUT2D eigenvalue weighted by molar-refractivity contribution is 5.82. The van der Waals surface area contributed by atoms with E-state index in [-0.39, 0.29) is 24.7 Å². The lowest BCUT2D eigenvalue weighted by Crippen LogP contribution is -2.41. The molecule has 0 unspecified atom stereocenters. The minimum atomic E-state index is -1.28. The SMILES string of the molecule is COc1ccc2ccc(=O)oc2c1C[C@H](OC(=O)CC(C)C)C(C)(C)O. The van der Waals surface area contributed by atoms with Crippen molar-refractivity contribution in [2.75, 3.05) is 7.11 Å². The van der Waals surface area contributed by atoms with E-state index in [4.69, 9.17) is 13.9 Å². The van der Waals surface area contributed by atoms with Crippen LogP contribution in [-0.4, -0.2) is 29.9 Å². The van der Waals surface area contributed by atoms with Crippen LogP contribution >= 0.6 is 0 Å². The minimum Gasteiger partial charge on any atom is -0.496 e. The van der Waals surface area contributed by atoms with E-state index >= 15 is 0 Å². The molecule has 6 heteroatoms. The number of aliphatic hydroxyl groups is 1. The Hall–Kier alpha value is -2.34. The first-order valence-electron chi connectivity index (χ1n) is 8.63. The fraction of sp³-hybridized carbons (Fsp3) is 0.500. The first-order chi connectivity index (χ1) is 12.1. The highest BCUT2D eigenvalue weighted by Gasteiger charge is 2.32. The number of methoxy groups -OCH3 is 1. The van der Waals surface area contributed by atoms with Crippen molar-refractivity contribution in [2.45, 2.75) is 52.2 Å². The molecule has 1 atom stereocenters. The standard InChI is InChI=1S/C20H26O6/c1-12(2)10-18(22)25-16(20(3,4)23)11-14-15(24-5)8-6-13-7-9-17(21)26-19(13)14/h6-9,12,16,23H,10-11H2,1-5H3/t16-/m0/s1. The van der Waals surface area contributed by atoms with Gasteiger partial charge in [0.1, 0.15) is 17.4 Å². The van der Waals surface area contributed by atoms with Crippen molar-refractivity contribution in [3.63, 3.8) is 0 Å². The smallest absolute Gasteiger partial charge is 0.336 e. The van der Waals surface area contributed by atoms with Crippen LogP contribution in [0.1, 0.15) is 39.7 Å². The van der Waals surface area contributed by atoms with E-state index in [2.05, 4.69) is 0 Å². The van der Waals surface area contributed by atoms with Gasteiger partial charge >= 0.3 is 11.6 Å². The molecule has 0 radical (unpaired) electrons. The Bertz CT molecular complexity index is 828. The summed E-state index contributed by atoms with van der Waals surface area (Å²) in [5, 5.41) is 11.2. The number of hydrogen-bond donors (Lipinski definition) is 1. The molecule has 2 rings (SSSR count). The number of rotatable bonds is 7. The van der Waals surface area contributed by atoms with Crippen LogP contribution < -0.4 is 10.4 Å². The van der Waals surface area contributed by atoms with Gasteiger partial charge in [0.05, 0.1) is 12.7 Å². The quantitative estimate of drug-likeness (QED) is 0.602. The van der Waals surface area contributed by atoms with E-state index in [0.29, 0.717) is 16.9 Å². The average Bonchev–Trinajstić information content (AvgIpc) is 2.52. The van der Waals surface area contributed by atoms with Gasteiger partial charge < -0.3 is 19.0 Å². The number of hydrogen-bond acceptors (Lipinski definition) is 6. The molecule has 1 aromatic heterocycles. The van der Waals surface area contributed by atoms with Gasteiger partial charge in [-0.15, -0.1) is 0 Å². The number of carbonyl (C=O) groups excluding carboxylic acids is 1. The van der Waals surface area contributed by atoms with Gasteiger partial charge in [0.25, 0.3) is 0 Å². The molecule has 0 aliphatic heterocycles. The largest absolute Gasteiger partial charge is 0.496 e. The van der Waals surface area contributed by atoms with Crippen molar-refractivity contribution in [1.29, 1.82) is 0 Å². The average molecular weight is 362 g/mol. The lowest BCUT2D eigenvalue weighted by atomic mass is 9.93. The second-order valence-electron chi connectivity index (χ2n) is 7.35. The summed E-state index contributed by atoms with van der Waals surface area (Å²) in [6.45, 7) is 6.99. The Morgan fingerprint density at radius 2 is 1.88 bits per heavy atom. The van der Waals surface area contributed by atoms with E-state index in [0.717, 1.165) is 5.39 Å². The molecule has 0 aliphatic carbocycles. The third kappa shape index (κ3) is 4.85. The first-order valence-corrected chi connectivity index (χ1v) is 8.63. The molecule has 0 fully saturated rings. The third-order valence-electron chi connectivity index (χ3n) is 4.10. The van der Waals surface area contributed by atoms with Crippen LogP contribution in [0.15, 0.2) is 33.5 Å². The number of benzene rings is 1. The van der Waals surface area contributed by atoms with Gasteiger partial charge in [-0.3, -0.25) is 4.79 Å². The van der Waals surface area contributed by atoms with E-state index in [1.165, 1.54) is 13.2 Å². The van der Waals surface area contributed by atoms with Gasteiger partial charge in [0.2, 0.25) is 0 Å².